The quantitative estimate of drug-likeness (QED) is 0.782. The van der Waals surface area contributed by atoms with E-state index in [0.29, 0.717) is 0 Å². The second kappa shape index (κ2) is 6.19. The normalized spacial score (nSPS) is 30.7. The summed E-state index contributed by atoms with van der Waals surface area (Å²) in [5.41, 5.74) is 0. The first-order valence-electron chi connectivity index (χ1n) is 7.27. The van der Waals surface area contributed by atoms with Crippen LogP contribution in [0.4, 0.5) is 0 Å². The summed E-state index contributed by atoms with van der Waals surface area (Å²) in [6.07, 6.45) is 6.54. The van der Waals surface area contributed by atoms with Crippen molar-refractivity contribution < 1.29 is 5.11 Å². The van der Waals surface area contributed by atoms with Gasteiger partial charge in [-0.3, -0.25) is 0 Å². The summed E-state index contributed by atoms with van der Waals surface area (Å²) in [4.78, 5) is 1.23. The van der Waals surface area contributed by atoms with Gasteiger partial charge in [0.15, 0.2) is 0 Å². The number of halogens is 1. The van der Waals surface area contributed by atoms with Crippen LogP contribution < -0.4 is 0 Å². The second-order valence-corrected chi connectivity index (χ2v) is 7.98. The number of hydrogen-bond donors (Lipinski definition) is 1. The molecule has 2 aliphatic carbocycles. The molecule has 1 nitrogen and oxygen atoms in total. The minimum absolute atomic E-state index is 0.151. The Kier molecular flexibility index (Phi) is 4.55. The largest absolute Gasteiger partial charge is 0.392 e. The number of fused-ring (bicyclic) bond motifs is 2. The highest BCUT2D eigenvalue weighted by atomic mass is 79.9. The summed E-state index contributed by atoms with van der Waals surface area (Å²) in [6, 6.07) is 8.25. The number of hydrogen-bond acceptors (Lipinski definition) is 2. The smallest absolute Gasteiger partial charge is 0.0636 e. The minimum atomic E-state index is -0.151. The van der Waals surface area contributed by atoms with E-state index in [1.165, 1.54) is 30.6 Å². The Morgan fingerprint density at radius 3 is 2.79 bits per heavy atom. The van der Waals surface area contributed by atoms with Crippen molar-refractivity contribution in [2.24, 2.45) is 17.8 Å². The van der Waals surface area contributed by atoms with E-state index in [9.17, 15) is 5.11 Å². The van der Waals surface area contributed by atoms with E-state index in [1.54, 1.807) is 11.8 Å². The molecule has 0 aromatic heterocycles. The van der Waals surface area contributed by atoms with Crippen molar-refractivity contribution in [2.45, 2.75) is 43.1 Å². The summed E-state index contributed by atoms with van der Waals surface area (Å²) in [5, 5.41) is 10.3. The van der Waals surface area contributed by atoms with Gasteiger partial charge in [-0.15, -0.1) is 11.8 Å². The molecular weight excluding hydrogens is 320 g/mol. The summed E-state index contributed by atoms with van der Waals surface area (Å²) >= 11 is 5.32. The Bertz CT molecular complexity index is 437. The maximum Gasteiger partial charge on any atom is 0.0636 e. The number of thioether (sulfide) groups is 1. The highest BCUT2D eigenvalue weighted by molar-refractivity contribution is 9.10. The lowest BCUT2D eigenvalue weighted by atomic mass is 9.85. The number of aliphatic hydroxyl groups excluding tert-OH is 1. The number of benzene rings is 1. The van der Waals surface area contributed by atoms with Crippen LogP contribution in [-0.2, 0) is 0 Å². The fourth-order valence-corrected chi connectivity index (χ4v) is 5.35. The third kappa shape index (κ3) is 3.37. The Morgan fingerprint density at radius 1 is 1.26 bits per heavy atom. The van der Waals surface area contributed by atoms with Crippen molar-refractivity contribution in [1.29, 1.82) is 0 Å². The monoisotopic (exact) mass is 340 g/mol. The van der Waals surface area contributed by atoms with E-state index >= 15 is 0 Å². The molecule has 0 saturated heterocycles. The molecule has 2 saturated carbocycles. The Hall–Kier alpha value is 0.01000. The van der Waals surface area contributed by atoms with Gasteiger partial charge >= 0.3 is 0 Å². The second-order valence-electron chi connectivity index (χ2n) is 6.07. The van der Waals surface area contributed by atoms with Crippen molar-refractivity contribution in [2.75, 3.05) is 5.75 Å². The van der Waals surface area contributed by atoms with E-state index in [2.05, 4.69) is 34.1 Å². The third-order valence-electron chi connectivity index (χ3n) is 4.73. The molecule has 2 aliphatic rings. The molecule has 2 fully saturated rings. The lowest BCUT2D eigenvalue weighted by Gasteiger charge is -2.24. The number of rotatable bonds is 5. The van der Waals surface area contributed by atoms with E-state index in [-0.39, 0.29) is 6.10 Å². The van der Waals surface area contributed by atoms with Gasteiger partial charge in [0, 0.05) is 15.1 Å². The zero-order chi connectivity index (χ0) is 13.2. The third-order valence-corrected chi connectivity index (χ3v) is 6.90. The molecule has 3 rings (SSSR count). The van der Waals surface area contributed by atoms with Crippen LogP contribution in [0.2, 0.25) is 0 Å². The van der Waals surface area contributed by atoms with Gasteiger partial charge in [0.2, 0.25) is 0 Å². The zero-order valence-corrected chi connectivity index (χ0v) is 13.5. The molecule has 19 heavy (non-hydrogen) atoms. The van der Waals surface area contributed by atoms with Crippen molar-refractivity contribution in [3.63, 3.8) is 0 Å². The maximum absolute atomic E-state index is 10.3. The van der Waals surface area contributed by atoms with E-state index in [0.717, 1.165) is 34.4 Å². The SMILES string of the molecule is OC(CSc1ccccc1Br)CC1CC2CCC1C2. The highest BCUT2D eigenvalue weighted by Gasteiger charge is 2.39. The van der Waals surface area contributed by atoms with Gasteiger partial charge in [0.25, 0.3) is 0 Å². The molecule has 4 unspecified atom stereocenters. The average molecular weight is 341 g/mol. The Labute approximate surface area is 128 Å². The van der Waals surface area contributed by atoms with Gasteiger partial charge in [0.1, 0.15) is 0 Å². The summed E-state index contributed by atoms with van der Waals surface area (Å²) in [7, 11) is 0. The molecule has 4 atom stereocenters. The standard InChI is InChI=1S/C16H21BrOS/c17-15-3-1-2-4-16(15)19-10-14(18)9-13-8-11-5-6-12(13)7-11/h1-4,11-14,18H,5-10H2. The van der Waals surface area contributed by atoms with Gasteiger partial charge in [-0.2, -0.15) is 0 Å². The molecule has 1 N–H and O–H groups in total. The lowest BCUT2D eigenvalue weighted by Crippen LogP contribution is -2.20. The molecule has 3 heteroatoms. The molecule has 0 radical (unpaired) electrons. The Morgan fingerprint density at radius 2 is 2.11 bits per heavy atom. The van der Waals surface area contributed by atoms with Crippen LogP contribution in [0, 0.1) is 17.8 Å². The fourth-order valence-electron chi connectivity index (χ4n) is 3.83. The van der Waals surface area contributed by atoms with E-state index in [1.807, 2.05) is 6.07 Å². The summed E-state index contributed by atoms with van der Waals surface area (Å²) in [5.74, 6) is 3.52. The van der Waals surface area contributed by atoms with Gasteiger partial charge in [0.05, 0.1) is 6.10 Å². The fraction of sp³-hybridized carbons (Fsp3) is 0.625. The first-order valence-corrected chi connectivity index (χ1v) is 9.05. The van der Waals surface area contributed by atoms with Crippen LogP contribution in [0.1, 0.15) is 32.1 Å². The zero-order valence-electron chi connectivity index (χ0n) is 11.1. The molecule has 1 aromatic rings. The van der Waals surface area contributed by atoms with E-state index in [4.69, 9.17) is 0 Å². The van der Waals surface area contributed by atoms with Crippen LogP contribution in [0.25, 0.3) is 0 Å². The predicted molar refractivity (Wildman–Crippen MR) is 84.4 cm³/mol. The Balaban J connectivity index is 1.47. The summed E-state index contributed by atoms with van der Waals surface area (Å²) < 4.78 is 1.13. The van der Waals surface area contributed by atoms with Crippen molar-refractivity contribution in [3.8, 4) is 0 Å². The molecule has 104 valence electrons. The summed E-state index contributed by atoms with van der Waals surface area (Å²) in [6.45, 7) is 0. The first-order chi connectivity index (χ1) is 9.22. The molecule has 1 aromatic carbocycles. The van der Waals surface area contributed by atoms with Crippen molar-refractivity contribution >= 4 is 27.7 Å². The minimum Gasteiger partial charge on any atom is -0.392 e. The highest BCUT2D eigenvalue weighted by Crippen LogP contribution is 2.50. The van der Waals surface area contributed by atoms with Crippen LogP contribution >= 0.6 is 27.7 Å². The molecular formula is C16H21BrOS. The van der Waals surface area contributed by atoms with Crippen molar-refractivity contribution in [3.05, 3.63) is 28.7 Å². The van der Waals surface area contributed by atoms with Gasteiger partial charge in [-0.25, -0.2) is 0 Å². The first kappa shape index (κ1) is 14.0. The van der Waals surface area contributed by atoms with Crippen LogP contribution in [0.5, 0.6) is 0 Å². The molecule has 0 heterocycles. The molecule has 2 bridgehead atoms. The lowest BCUT2D eigenvalue weighted by molar-refractivity contribution is 0.144. The van der Waals surface area contributed by atoms with Crippen LogP contribution in [0.3, 0.4) is 0 Å². The average Bonchev–Trinajstić information content (AvgIpc) is 3.00. The number of aliphatic hydroxyl groups is 1. The maximum atomic E-state index is 10.3. The molecule has 0 amide bonds. The van der Waals surface area contributed by atoms with Gasteiger partial charge in [-0.05, 0) is 71.5 Å². The van der Waals surface area contributed by atoms with Crippen LogP contribution in [0.15, 0.2) is 33.6 Å². The van der Waals surface area contributed by atoms with Crippen LogP contribution in [-0.4, -0.2) is 17.0 Å². The molecule has 0 spiro atoms. The van der Waals surface area contributed by atoms with E-state index < -0.39 is 0 Å². The van der Waals surface area contributed by atoms with Gasteiger partial charge < -0.3 is 5.11 Å². The molecule has 0 aliphatic heterocycles. The van der Waals surface area contributed by atoms with Crippen molar-refractivity contribution in [1.82, 2.24) is 0 Å². The van der Waals surface area contributed by atoms with Gasteiger partial charge in [-0.1, -0.05) is 18.6 Å². The predicted octanol–water partition coefficient (Wildman–Crippen LogP) is 4.73. The topological polar surface area (TPSA) is 20.2 Å².